The number of carbonyl (C=O) groups is 2. The molecule has 0 aliphatic carbocycles. The Labute approximate surface area is 175 Å². The van der Waals surface area contributed by atoms with Crippen LogP contribution in [-0.2, 0) is 14.3 Å². The molecule has 162 valence electrons. The molecular weight excluding hydrogens is 435 g/mol. The Kier molecular flexibility index (Phi) is 5.01. The van der Waals surface area contributed by atoms with E-state index >= 15 is 0 Å². The lowest BCUT2D eigenvalue weighted by atomic mass is 9.99. The first kappa shape index (κ1) is 21.3. The average molecular weight is 451 g/mol. The molecule has 10 heteroatoms. The van der Waals surface area contributed by atoms with E-state index in [0.29, 0.717) is 0 Å². The number of imide groups is 1. The van der Waals surface area contributed by atoms with Gasteiger partial charge in [-0.1, -0.05) is 31.2 Å². The number of halogens is 3. The van der Waals surface area contributed by atoms with Crippen LogP contribution in [0, 0.1) is 0 Å². The summed E-state index contributed by atoms with van der Waals surface area (Å²) in [4.78, 5) is 26.6. The Morgan fingerprint density at radius 2 is 1.39 bits per heavy atom. The highest BCUT2D eigenvalue weighted by Gasteiger charge is 2.48. The standard InChI is InChI=1S/C21H16F3NO5S/c1-2-16(11-30-31(28,29)21(22,23)24)25-19(26)17-9-14-7-12-5-3-4-6-13(12)8-15(14)10-18(17)20(25)27/h3-10,16H,2,11H2,1H3. The van der Waals surface area contributed by atoms with Crippen molar-refractivity contribution in [2.45, 2.75) is 24.9 Å². The van der Waals surface area contributed by atoms with E-state index in [1.807, 2.05) is 36.4 Å². The lowest BCUT2D eigenvalue weighted by Crippen LogP contribution is -2.43. The summed E-state index contributed by atoms with van der Waals surface area (Å²) >= 11 is 0. The summed E-state index contributed by atoms with van der Waals surface area (Å²) < 4.78 is 64.2. The largest absolute Gasteiger partial charge is 0.523 e. The van der Waals surface area contributed by atoms with Gasteiger partial charge < -0.3 is 0 Å². The Bertz CT molecular complexity index is 1260. The third kappa shape index (κ3) is 3.55. The van der Waals surface area contributed by atoms with E-state index in [4.69, 9.17) is 0 Å². The van der Waals surface area contributed by atoms with Crippen molar-refractivity contribution in [1.82, 2.24) is 4.90 Å². The van der Waals surface area contributed by atoms with Crippen molar-refractivity contribution in [2.75, 3.05) is 6.61 Å². The van der Waals surface area contributed by atoms with Gasteiger partial charge in [-0.2, -0.15) is 21.6 Å². The first-order chi connectivity index (χ1) is 14.5. The molecule has 0 N–H and O–H groups in total. The van der Waals surface area contributed by atoms with Gasteiger partial charge in [-0.3, -0.25) is 18.7 Å². The van der Waals surface area contributed by atoms with Crippen LogP contribution in [0.2, 0.25) is 0 Å². The molecule has 1 unspecified atom stereocenters. The first-order valence-corrected chi connectivity index (χ1v) is 10.7. The number of rotatable bonds is 5. The normalized spacial score (nSPS) is 15.7. The second-order valence-electron chi connectivity index (χ2n) is 7.17. The number of hydrogen-bond acceptors (Lipinski definition) is 5. The van der Waals surface area contributed by atoms with Crippen LogP contribution in [0.3, 0.4) is 0 Å². The average Bonchev–Trinajstić information content (AvgIpc) is 2.95. The van der Waals surface area contributed by atoms with Gasteiger partial charge in [-0.05, 0) is 52.2 Å². The van der Waals surface area contributed by atoms with Crippen LogP contribution in [0.1, 0.15) is 34.1 Å². The second-order valence-corrected chi connectivity index (χ2v) is 8.78. The van der Waals surface area contributed by atoms with E-state index in [0.717, 1.165) is 26.4 Å². The first-order valence-electron chi connectivity index (χ1n) is 9.33. The van der Waals surface area contributed by atoms with Crippen molar-refractivity contribution in [3.63, 3.8) is 0 Å². The molecule has 0 spiro atoms. The highest BCUT2D eigenvalue weighted by atomic mass is 32.2. The zero-order valence-electron chi connectivity index (χ0n) is 16.1. The van der Waals surface area contributed by atoms with Crippen LogP contribution in [0.25, 0.3) is 21.5 Å². The summed E-state index contributed by atoms with van der Waals surface area (Å²) in [7, 11) is -5.84. The number of nitrogens with zero attached hydrogens (tertiary/aromatic N) is 1. The van der Waals surface area contributed by atoms with Gasteiger partial charge in [0.15, 0.2) is 0 Å². The Morgan fingerprint density at radius 1 is 0.903 bits per heavy atom. The van der Waals surface area contributed by atoms with Gasteiger partial charge in [0.25, 0.3) is 11.8 Å². The predicted molar refractivity (Wildman–Crippen MR) is 107 cm³/mol. The molecule has 31 heavy (non-hydrogen) atoms. The molecular formula is C21H16F3NO5S. The van der Waals surface area contributed by atoms with Crippen molar-refractivity contribution in [3.8, 4) is 0 Å². The van der Waals surface area contributed by atoms with E-state index < -0.39 is 40.1 Å². The number of alkyl halides is 3. The summed E-state index contributed by atoms with van der Waals surface area (Å²) in [5.41, 5.74) is -5.36. The fraction of sp³-hybridized carbons (Fsp3) is 0.238. The van der Waals surface area contributed by atoms with Crippen LogP contribution >= 0.6 is 0 Å². The third-order valence-corrected chi connectivity index (χ3v) is 6.29. The molecule has 6 nitrogen and oxygen atoms in total. The molecule has 0 fully saturated rings. The van der Waals surface area contributed by atoms with Gasteiger partial charge in [0.1, 0.15) is 0 Å². The van der Waals surface area contributed by atoms with Gasteiger partial charge in [-0.25, -0.2) is 0 Å². The maximum Gasteiger partial charge on any atom is 0.523 e. The molecule has 1 heterocycles. The van der Waals surface area contributed by atoms with Gasteiger partial charge in [0.05, 0.1) is 23.8 Å². The number of benzene rings is 3. The molecule has 1 atom stereocenters. The number of fused-ring (bicyclic) bond motifs is 3. The van der Waals surface area contributed by atoms with Gasteiger partial charge in [-0.15, -0.1) is 0 Å². The van der Waals surface area contributed by atoms with Crippen LogP contribution in [0.5, 0.6) is 0 Å². The Hall–Kier alpha value is -2.98. The molecule has 3 aromatic carbocycles. The van der Waals surface area contributed by atoms with Crippen molar-refractivity contribution < 1.29 is 35.4 Å². The van der Waals surface area contributed by atoms with E-state index in [2.05, 4.69) is 4.18 Å². The molecule has 0 saturated carbocycles. The summed E-state index contributed by atoms with van der Waals surface area (Å²) in [6.45, 7) is 0.536. The van der Waals surface area contributed by atoms with Gasteiger partial charge in [0, 0.05) is 0 Å². The summed E-state index contributed by atoms with van der Waals surface area (Å²) in [6, 6.07) is 13.3. The fourth-order valence-corrected chi connectivity index (χ4v) is 4.11. The fourth-order valence-electron chi connectivity index (χ4n) is 3.64. The molecule has 1 aliphatic heterocycles. The summed E-state index contributed by atoms with van der Waals surface area (Å²) in [6.07, 6.45) is 0.0161. The SMILES string of the molecule is CCC(COS(=O)(=O)C(F)(F)F)N1C(=O)c2cc3cc4ccccc4cc3cc2C1=O. The van der Waals surface area contributed by atoms with Crippen LogP contribution in [-0.4, -0.2) is 43.3 Å². The summed E-state index contributed by atoms with van der Waals surface area (Å²) in [5.74, 6) is -1.40. The molecule has 0 bridgehead atoms. The van der Waals surface area contributed by atoms with Crippen molar-refractivity contribution in [1.29, 1.82) is 0 Å². The van der Waals surface area contributed by atoms with Gasteiger partial charge >= 0.3 is 15.6 Å². The quantitative estimate of drug-likeness (QED) is 0.251. The molecule has 0 saturated heterocycles. The minimum atomic E-state index is -5.84. The zero-order chi connectivity index (χ0) is 22.6. The van der Waals surface area contributed by atoms with Crippen LogP contribution in [0.4, 0.5) is 13.2 Å². The van der Waals surface area contributed by atoms with Crippen molar-refractivity contribution >= 4 is 43.5 Å². The molecule has 2 amide bonds. The lowest BCUT2D eigenvalue weighted by Gasteiger charge is -2.24. The Morgan fingerprint density at radius 3 is 1.81 bits per heavy atom. The van der Waals surface area contributed by atoms with Gasteiger partial charge in [0.2, 0.25) is 0 Å². The predicted octanol–water partition coefficient (Wildman–Crippen LogP) is 4.23. The number of carbonyl (C=O) groups excluding carboxylic acids is 2. The smallest absolute Gasteiger partial charge is 0.269 e. The maximum absolute atomic E-state index is 12.9. The highest BCUT2D eigenvalue weighted by molar-refractivity contribution is 7.87. The molecule has 3 aromatic rings. The molecule has 4 rings (SSSR count). The zero-order valence-corrected chi connectivity index (χ0v) is 17.0. The number of amides is 2. The molecule has 1 aliphatic rings. The Balaban J connectivity index is 1.69. The minimum Gasteiger partial charge on any atom is -0.269 e. The molecule has 0 radical (unpaired) electrons. The maximum atomic E-state index is 12.9. The van der Waals surface area contributed by atoms with Crippen LogP contribution in [0.15, 0.2) is 48.5 Å². The van der Waals surface area contributed by atoms with Crippen molar-refractivity contribution in [2.24, 2.45) is 0 Å². The lowest BCUT2D eigenvalue weighted by molar-refractivity contribution is -0.0551. The topological polar surface area (TPSA) is 80.8 Å². The third-order valence-electron chi connectivity index (χ3n) is 5.28. The monoisotopic (exact) mass is 451 g/mol. The van der Waals surface area contributed by atoms with E-state index in [-0.39, 0.29) is 17.5 Å². The van der Waals surface area contributed by atoms with E-state index in [1.165, 1.54) is 6.92 Å². The summed E-state index contributed by atoms with van der Waals surface area (Å²) in [5, 5.41) is 3.34. The van der Waals surface area contributed by atoms with E-state index in [1.54, 1.807) is 12.1 Å². The number of hydrogen-bond donors (Lipinski definition) is 0. The second kappa shape index (κ2) is 7.31. The molecule has 0 aromatic heterocycles. The van der Waals surface area contributed by atoms with E-state index in [9.17, 15) is 31.2 Å². The highest BCUT2D eigenvalue weighted by Crippen LogP contribution is 2.32. The van der Waals surface area contributed by atoms with Crippen molar-refractivity contribution in [3.05, 3.63) is 59.7 Å². The minimum absolute atomic E-state index is 0.0161. The van der Waals surface area contributed by atoms with Crippen LogP contribution < -0.4 is 0 Å².